The first kappa shape index (κ1) is 19.5. The molecule has 4 rings (SSSR count). The molecule has 0 aliphatic carbocycles. The molecule has 0 radical (unpaired) electrons. The Balaban J connectivity index is 1.62. The van der Waals surface area contributed by atoms with Crippen molar-refractivity contribution in [3.8, 4) is 11.4 Å². The largest absolute Gasteiger partial charge is 0.385 e. The van der Waals surface area contributed by atoms with Crippen molar-refractivity contribution in [1.82, 2.24) is 20.2 Å². The predicted molar refractivity (Wildman–Crippen MR) is 113 cm³/mol. The molecule has 29 heavy (non-hydrogen) atoms. The summed E-state index contributed by atoms with van der Waals surface area (Å²) < 4.78 is 6.94. The van der Waals surface area contributed by atoms with Crippen LogP contribution in [0.4, 0.5) is 0 Å². The number of hydrogen-bond donors (Lipinski definition) is 2. The Hall–Kier alpha value is -2.84. The maximum atomic E-state index is 13.0. The average molecular weight is 410 g/mol. The zero-order valence-electron chi connectivity index (χ0n) is 16.1. The molecule has 3 aromatic rings. The van der Waals surface area contributed by atoms with Crippen LogP contribution in [0.3, 0.4) is 0 Å². The maximum Gasteiger partial charge on any atom is 0.236 e. The summed E-state index contributed by atoms with van der Waals surface area (Å²) >= 11 is 1.43. The van der Waals surface area contributed by atoms with Crippen LogP contribution in [0.1, 0.15) is 18.0 Å². The Morgan fingerprint density at radius 1 is 1.14 bits per heavy atom. The molecule has 150 valence electrons. The Kier molecular flexibility index (Phi) is 6.12. The van der Waals surface area contributed by atoms with Crippen LogP contribution in [0.25, 0.3) is 11.4 Å². The summed E-state index contributed by atoms with van der Waals surface area (Å²) in [7, 11) is 1.66. The van der Waals surface area contributed by atoms with Crippen LogP contribution in [0.15, 0.2) is 65.8 Å². The molecule has 2 heterocycles. The van der Waals surface area contributed by atoms with Crippen molar-refractivity contribution < 1.29 is 9.53 Å². The van der Waals surface area contributed by atoms with Gasteiger partial charge in [0.2, 0.25) is 11.1 Å². The summed E-state index contributed by atoms with van der Waals surface area (Å²) in [6.45, 7) is 1.19. The van der Waals surface area contributed by atoms with Gasteiger partial charge in [0.05, 0.1) is 6.04 Å². The zero-order valence-corrected chi connectivity index (χ0v) is 16.9. The van der Waals surface area contributed by atoms with Crippen molar-refractivity contribution in [3.63, 3.8) is 0 Å². The second-order valence-electron chi connectivity index (χ2n) is 6.70. The quantitative estimate of drug-likeness (QED) is 0.584. The summed E-state index contributed by atoms with van der Waals surface area (Å²) in [6, 6.07) is 19.7. The highest BCUT2D eigenvalue weighted by Crippen LogP contribution is 2.38. The number of benzene rings is 2. The number of fused-ring (bicyclic) bond motifs is 1. The monoisotopic (exact) mass is 409 g/mol. The molecular weight excluding hydrogens is 386 g/mol. The normalized spacial score (nSPS) is 18.0. The minimum atomic E-state index is -0.361. The van der Waals surface area contributed by atoms with E-state index in [4.69, 9.17) is 4.74 Å². The van der Waals surface area contributed by atoms with Crippen LogP contribution in [-0.2, 0) is 9.53 Å². The van der Waals surface area contributed by atoms with Gasteiger partial charge in [0.15, 0.2) is 5.82 Å². The van der Waals surface area contributed by atoms with Gasteiger partial charge in [-0.2, -0.15) is 0 Å². The number of thioether (sulfide) groups is 1. The van der Waals surface area contributed by atoms with E-state index in [0.717, 1.165) is 23.4 Å². The number of carbonyl (C=O) groups excluding carboxylic acids is 1. The second kappa shape index (κ2) is 9.11. The van der Waals surface area contributed by atoms with Crippen molar-refractivity contribution in [3.05, 3.63) is 66.2 Å². The third-order valence-corrected chi connectivity index (χ3v) is 5.93. The van der Waals surface area contributed by atoms with E-state index >= 15 is 0 Å². The molecule has 8 heteroatoms. The van der Waals surface area contributed by atoms with Crippen LogP contribution in [-0.4, -0.2) is 46.3 Å². The lowest BCUT2D eigenvalue weighted by Crippen LogP contribution is -2.44. The fourth-order valence-corrected chi connectivity index (χ4v) is 4.37. The molecule has 7 nitrogen and oxygen atoms in total. The fourth-order valence-electron chi connectivity index (χ4n) is 3.27. The van der Waals surface area contributed by atoms with Gasteiger partial charge in [0, 0.05) is 25.8 Å². The first-order valence-corrected chi connectivity index (χ1v) is 10.4. The highest BCUT2D eigenvalue weighted by atomic mass is 32.2. The highest BCUT2D eigenvalue weighted by molar-refractivity contribution is 8.00. The number of ether oxygens (including phenoxy) is 1. The smallest absolute Gasteiger partial charge is 0.236 e. The van der Waals surface area contributed by atoms with Gasteiger partial charge in [-0.3, -0.25) is 4.79 Å². The molecule has 0 spiro atoms. The number of methoxy groups -OCH3 is 1. The first-order chi connectivity index (χ1) is 14.3. The number of nitrogens with one attached hydrogen (secondary N) is 2. The second-order valence-corrected chi connectivity index (χ2v) is 7.81. The molecule has 0 bridgehead atoms. The standard InChI is InChI=1S/C21H23N5O2S/c1-28-14-8-13-22-20(27)18-17(15-9-4-2-5-10-15)25-26-19(23-24-21(26)29-18)16-11-6-3-7-12-16/h2-7,9-12,17-18,25H,8,13-14H2,1H3,(H,22,27). The van der Waals surface area contributed by atoms with E-state index in [1.165, 1.54) is 11.8 Å². The third kappa shape index (κ3) is 4.28. The fraction of sp³-hybridized carbons (Fsp3) is 0.286. The zero-order chi connectivity index (χ0) is 20.1. The van der Waals surface area contributed by atoms with Crippen LogP contribution >= 0.6 is 11.8 Å². The van der Waals surface area contributed by atoms with E-state index in [1.54, 1.807) is 7.11 Å². The number of amides is 1. The van der Waals surface area contributed by atoms with Crippen molar-refractivity contribution in [2.45, 2.75) is 22.9 Å². The lowest BCUT2D eigenvalue weighted by atomic mass is 10.0. The molecule has 2 atom stereocenters. The minimum absolute atomic E-state index is 0.0250. The topological polar surface area (TPSA) is 81.1 Å². The molecule has 1 amide bonds. The molecule has 1 aliphatic heterocycles. The van der Waals surface area contributed by atoms with Crippen molar-refractivity contribution in [2.75, 3.05) is 25.7 Å². The first-order valence-electron chi connectivity index (χ1n) is 9.53. The van der Waals surface area contributed by atoms with Gasteiger partial charge in [-0.05, 0) is 12.0 Å². The summed E-state index contributed by atoms with van der Waals surface area (Å²) in [5.41, 5.74) is 5.48. The van der Waals surface area contributed by atoms with E-state index < -0.39 is 0 Å². The van der Waals surface area contributed by atoms with E-state index in [-0.39, 0.29) is 17.2 Å². The van der Waals surface area contributed by atoms with Gasteiger partial charge < -0.3 is 15.5 Å². The van der Waals surface area contributed by atoms with Gasteiger partial charge >= 0.3 is 0 Å². The summed E-state index contributed by atoms with van der Waals surface area (Å²) in [6.07, 6.45) is 0.775. The molecule has 0 fully saturated rings. The number of carbonyl (C=O) groups is 1. The van der Waals surface area contributed by atoms with Crippen LogP contribution < -0.4 is 10.7 Å². The lowest BCUT2D eigenvalue weighted by molar-refractivity contribution is -0.121. The SMILES string of the molecule is COCCCNC(=O)C1Sc2nnc(-c3ccccc3)n2NC1c1ccccc1. The summed E-state index contributed by atoms with van der Waals surface area (Å²) in [5.74, 6) is 0.705. The molecular formula is C21H23N5O2S. The molecule has 0 saturated heterocycles. The Bertz CT molecular complexity index is 948. The van der Waals surface area contributed by atoms with Gasteiger partial charge in [-0.15, -0.1) is 10.2 Å². The average Bonchev–Trinajstić information content (AvgIpc) is 3.20. The Morgan fingerprint density at radius 2 is 1.86 bits per heavy atom. The minimum Gasteiger partial charge on any atom is -0.385 e. The summed E-state index contributed by atoms with van der Waals surface area (Å²) in [5, 5.41) is 12.0. The number of aromatic nitrogens is 3. The Labute approximate surface area is 173 Å². The molecule has 1 aromatic heterocycles. The third-order valence-electron chi connectivity index (χ3n) is 4.71. The number of nitrogens with zero attached hydrogens (tertiary/aromatic N) is 3. The Morgan fingerprint density at radius 3 is 2.59 bits per heavy atom. The molecule has 2 aromatic carbocycles. The molecule has 0 saturated carbocycles. The van der Waals surface area contributed by atoms with E-state index in [2.05, 4.69) is 20.9 Å². The van der Waals surface area contributed by atoms with Crippen LogP contribution in [0, 0.1) is 0 Å². The maximum absolute atomic E-state index is 13.0. The molecule has 2 N–H and O–H groups in total. The molecule has 1 aliphatic rings. The van der Waals surface area contributed by atoms with Crippen molar-refractivity contribution in [1.29, 1.82) is 0 Å². The van der Waals surface area contributed by atoms with Gasteiger partial charge in [-0.25, -0.2) is 4.68 Å². The van der Waals surface area contributed by atoms with Crippen LogP contribution in [0.2, 0.25) is 0 Å². The molecule has 2 unspecified atom stereocenters. The van der Waals surface area contributed by atoms with Gasteiger partial charge in [-0.1, -0.05) is 72.4 Å². The predicted octanol–water partition coefficient (Wildman–Crippen LogP) is 2.86. The van der Waals surface area contributed by atoms with E-state index in [1.807, 2.05) is 65.3 Å². The van der Waals surface area contributed by atoms with Gasteiger partial charge in [0.1, 0.15) is 5.25 Å². The number of rotatable bonds is 7. The van der Waals surface area contributed by atoms with E-state index in [9.17, 15) is 4.79 Å². The lowest BCUT2D eigenvalue weighted by Gasteiger charge is -2.33. The van der Waals surface area contributed by atoms with Crippen LogP contribution in [0.5, 0.6) is 0 Å². The van der Waals surface area contributed by atoms with Gasteiger partial charge in [0.25, 0.3) is 0 Å². The van der Waals surface area contributed by atoms with Crippen molar-refractivity contribution in [2.24, 2.45) is 0 Å². The summed E-state index contributed by atoms with van der Waals surface area (Å²) in [4.78, 5) is 13.0. The van der Waals surface area contributed by atoms with E-state index in [0.29, 0.717) is 18.3 Å². The number of hydrogen-bond acceptors (Lipinski definition) is 6. The van der Waals surface area contributed by atoms with Crippen molar-refractivity contribution >= 4 is 17.7 Å². The highest BCUT2D eigenvalue weighted by Gasteiger charge is 2.37.